The number of carbonyl (C=O) groups excluding carboxylic acids is 1. The fourth-order valence-electron chi connectivity index (χ4n) is 6.53. The van der Waals surface area contributed by atoms with Crippen molar-refractivity contribution in [3.05, 3.63) is 72.2 Å². The second-order valence-electron chi connectivity index (χ2n) is 13.2. The van der Waals surface area contributed by atoms with Crippen molar-refractivity contribution >= 4 is 23.4 Å². The number of aromatic nitrogens is 4. The van der Waals surface area contributed by atoms with Crippen molar-refractivity contribution < 1.29 is 18.7 Å². The number of carbonyl (C=O) groups is 1. The molecule has 3 saturated heterocycles. The number of rotatable bonds is 6. The topological polar surface area (TPSA) is 88.3 Å². The van der Waals surface area contributed by atoms with E-state index in [1.807, 2.05) is 67.9 Å². The Labute approximate surface area is 262 Å². The Morgan fingerprint density at radius 3 is 2.51 bits per heavy atom. The first kappa shape index (κ1) is 29.5. The molecule has 4 aromatic rings. The van der Waals surface area contributed by atoms with Crippen molar-refractivity contribution in [2.24, 2.45) is 0 Å². The number of anilines is 2. The highest BCUT2D eigenvalue weighted by atomic mass is 19.1. The molecular weight excluding hydrogens is 573 g/mol. The van der Waals surface area contributed by atoms with Crippen molar-refractivity contribution in [2.75, 3.05) is 42.5 Å². The average molecular weight is 614 g/mol. The third-order valence-corrected chi connectivity index (χ3v) is 8.78. The van der Waals surface area contributed by atoms with E-state index in [2.05, 4.69) is 14.8 Å². The Kier molecular flexibility index (Phi) is 7.81. The summed E-state index contributed by atoms with van der Waals surface area (Å²) in [5.74, 6) is 1.54. The van der Waals surface area contributed by atoms with Gasteiger partial charge in [-0.05, 0) is 88.4 Å². The molecule has 7 rings (SSSR count). The Balaban J connectivity index is 1.00. The molecule has 0 radical (unpaired) electrons. The van der Waals surface area contributed by atoms with Gasteiger partial charge in [-0.2, -0.15) is 0 Å². The van der Waals surface area contributed by atoms with E-state index in [0.717, 1.165) is 79.6 Å². The van der Waals surface area contributed by atoms with E-state index < -0.39 is 5.60 Å². The van der Waals surface area contributed by atoms with Gasteiger partial charge in [-0.25, -0.2) is 23.7 Å². The molecule has 236 valence electrons. The Morgan fingerprint density at radius 2 is 1.73 bits per heavy atom. The Morgan fingerprint density at radius 1 is 0.933 bits per heavy atom. The van der Waals surface area contributed by atoms with Crippen LogP contribution in [0.15, 0.2) is 60.8 Å². The van der Waals surface area contributed by atoms with Gasteiger partial charge in [0, 0.05) is 19.6 Å². The fourth-order valence-corrected chi connectivity index (χ4v) is 6.53. The number of piperidine rings is 1. The molecule has 0 N–H and O–H groups in total. The van der Waals surface area contributed by atoms with Gasteiger partial charge in [0.1, 0.15) is 28.7 Å². The Bertz CT molecular complexity index is 1670. The van der Waals surface area contributed by atoms with Gasteiger partial charge < -0.3 is 24.2 Å². The van der Waals surface area contributed by atoms with Gasteiger partial charge in [-0.1, -0.05) is 18.2 Å². The first-order chi connectivity index (χ1) is 21.7. The van der Waals surface area contributed by atoms with Gasteiger partial charge in [0.15, 0.2) is 5.65 Å². The molecule has 0 unspecified atom stereocenters. The second kappa shape index (κ2) is 11.9. The van der Waals surface area contributed by atoms with E-state index in [1.165, 1.54) is 6.07 Å². The molecule has 0 saturated carbocycles. The molecule has 3 fully saturated rings. The van der Waals surface area contributed by atoms with Crippen molar-refractivity contribution in [2.45, 2.75) is 70.3 Å². The minimum absolute atomic E-state index is 0.0627. The number of halogens is 1. The molecule has 0 aliphatic carbocycles. The summed E-state index contributed by atoms with van der Waals surface area (Å²) in [4.78, 5) is 28.1. The molecule has 3 aliphatic rings. The summed E-state index contributed by atoms with van der Waals surface area (Å²) in [6, 6.07) is 17.0. The van der Waals surface area contributed by atoms with Crippen LogP contribution in [0.5, 0.6) is 0 Å². The van der Waals surface area contributed by atoms with Crippen LogP contribution in [0.2, 0.25) is 0 Å². The number of pyridine rings is 1. The van der Waals surface area contributed by atoms with Crippen LogP contribution in [-0.4, -0.2) is 81.1 Å². The van der Waals surface area contributed by atoms with Gasteiger partial charge in [0.05, 0.1) is 43.2 Å². The number of likely N-dealkylation sites (tertiary alicyclic amines) is 1. The third-order valence-electron chi connectivity index (χ3n) is 8.78. The molecule has 3 aromatic heterocycles. The van der Waals surface area contributed by atoms with Crippen molar-refractivity contribution in [3.8, 4) is 11.4 Å². The molecule has 1 aromatic carbocycles. The van der Waals surface area contributed by atoms with Gasteiger partial charge in [-0.3, -0.25) is 0 Å². The number of fused-ring (bicyclic) bond motifs is 1. The number of amides is 1. The molecule has 45 heavy (non-hydrogen) atoms. The van der Waals surface area contributed by atoms with Gasteiger partial charge in [0.25, 0.3) is 0 Å². The predicted octanol–water partition coefficient (Wildman–Crippen LogP) is 5.88. The molecule has 3 aliphatic heterocycles. The number of ether oxygens (including phenoxy) is 2. The summed E-state index contributed by atoms with van der Waals surface area (Å²) in [6.07, 6.45) is 5.56. The van der Waals surface area contributed by atoms with Crippen LogP contribution in [0.25, 0.3) is 17.0 Å². The van der Waals surface area contributed by atoms with Crippen LogP contribution in [0.4, 0.5) is 20.8 Å². The van der Waals surface area contributed by atoms with Crippen LogP contribution in [0, 0.1) is 5.82 Å². The predicted molar refractivity (Wildman–Crippen MR) is 170 cm³/mol. The molecule has 10 nitrogen and oxygen atoms in total. The highest BCUT2D eigenvalue weighted by molar-refractivity contribution is 5.69. The van der Waals surface area contributed by atoms with Crippen LogP contribution < -0.4 is 9.80 Å². The number of imidazole rings is 1. The maximum absolute atomic E-state index is 14.0. The summed E-state index contributed by atoms with van der Waals surface area (Å²) >= 11 is 0. The minimum atomic E-state index is -0.492. The number of hydrogen-bond donors (Lipinski definition) is 0. The lowest BCUT2D eigenvalue weighted by molar-refractivity contribution is -0.0981. The van der Waals surface area contributed by atoms with E-state index in [0.29, 0.717) is 13.1 Å². The lowest BCUT2D eigenvalue weighted by Crippen LogP contribution is -2.57. The normalized spacial score (nSPS) is 19.7. The quantitative estimate of drug-likeness (QED) is 0.267. The summed E-state index contributed by atoms with van der Waals surface area (Å²) in [7, 11) is 0. The van der Waals surface area contributed by atoms with Crippen LogP contribution in [0.3, 0.4) is 0 Å². The zero-order chi connectivity index (χ0) is 31.1. The van der Waals surface area contributed by atoms with Crippen molar-refractivity contribution in [1.29, 1.82) is 0 Å². The van der Waals surface area contributed by atoms with Crippen molar-refractivity contribution in [1.82, 2.24) is 24.5 Å². The van der Waals surface area contributed by atoms with Crippen LogP contribution >= 0.6 is 0 Å². The molecule has 1 atom stereocenters. The zero-order valence-electron chi connectivity index (χ0n) is 26.1. The summed E-state index contributed by atoms with van der Waals surface area (Å²) < 4.78 is 27.6. The number of benzene rings is 1. The molecule has 0 bridgehead atoms. The summed E-state index contributed by atoms with van der Waals surface area (Å²) in [5.41, 5.74) is 2.87. The molecule has 11 heteroatoms. The van der Waals surface area contributed by atoms with Gasteiger partial charge >= 0.3 is 6.09 Å². The number of nitrogens with zero attached hydrogens (tertiary/aromatic N) is 7. The van der Waals surface area contributed by atoms with Crippen LogP contribution in [0.1, 0.15) is 58.1 Å². The van der Waals surface area contributed by atoms with Gasteiger partial charge in [0.2, 0.25) is 0 Å². The van der Waals surface area contributed by atoms with E-state index in [1.54, 1.807) is 17.0 Å². The molecular formula is C34H40FN7O3. The van der Waals surface area contributed by atoms with Crippen LogP contribution in [-0.2, 0) is 9.47 Å². The maximum Gasteiger partial charge on any atom is 0.410 e. The molecule has 0 spiro atoms. The smallest absolute Gasteiger partial charge is 0.410 e. The zero-order valence-corrected chi connectivity index (χ0v) is 26.1. The van der Waals surface area contributed by atoms with E-state index >= 15 is 0 Å². The summed E-state index contributed by atoms with van der Waals surface area (Å²) in [5, 5.41) is 5.00. The third kappa shape index (κ3) is 6.31. The first-order valence-electron chi connectivity index (χ1n) is 15.9. The lowest BCUT2D eigenvalue weighted by atomic mass is 10.0. The highest BCUT2D eigenvalue weighted by Crippen LogP contribution is 2.36. The van der Waals surface area contributed by atoms with Gasteiger partial charge in [-0.15, -0.1) is 5.10 Å². The monoisotopic (exact) mass is 613 g/mol. The SMILES string of the molecule is CC(C)(C)OC(=O)N1CC(OC2CCN(c3cccc(-c4cnc5ccc(N6CCC[C@@H]6c6cccc(F)c6)nn45)n3)CC2)C1. The van der Waals surface area contributed by atoms with E-state index in [-0.39, 0.29) is 30.2 Å². The van der Waals surface area contributed by atoms with Crippen molar-refractivity contribution in [3.63, 3.8) is 0 Å². The standard InChI is InChI=1S/C34H40FN7O3/c1-34(2,3)45-33(43)40-21-26(22-40)44-25-14-17-39(18-15-25)31-11-5-9-27(37-31)29-20-36-30-12-13-32(38-42(29)30)41-16-6-10-28(41)23-7-4-8-24(35)19-23/h4-5,7-9,11-13,19-20,25-26,28H,6,10,14-18,21-22H2,1-3H3/t28-/m1/s1. The second-order valence-corrected chi connectivity index (χ2v) is 13.2. The highest BCUT2D eigenvalue weighted by Gasteiger charge is 2.36. The number of hydrogen-bond acceptors (Lipinski definition) is 8. The average Bonchev–Trinajstić information content (AvgIpc) is 3.66. The first-order valence-corrected chi connectivity index (χ1v) is 15.9. The minimum Gasteiger partial charge on any atom is -0.444 e. The lowest BCUT2D eigenvalue weighted by Gasteiger charge is -2.42. The molecule has 1 amide bonds. The largest absolute Gasteiger partial charge is 0.444 e. The molecule has 6 heterocycles. The Hall–Kier alpha value is -4.25. The fraction of sp³-hybridized carbons (Fsp3) is 0.471. The van der Waals surface area contributed by atoms with E-state index in [4.69, 9.17) is 19.6 Å². The van der Waals surface area contributed by atoms with E-state index in [9.17, 15) is 9.18 Å². The summed E-state index contributed by atoms with van der Waals surface area (Å²) in [6.45, 7) is 9.34. The maximum atomic E-state index is 14.0.